The van der Waals surface area contributed by atoms with Crippen LogP contribution >= 0.6 is 11.6 Å². The highest BCUT2D eigenvalue weighted by Crippen LogP contribution is 2.03. The van der Waals surface area contributed by atoms with Crippen LogP contribution in [0.2, 0.25) is 0 Å². The number of likely N-dealkylation sites (N-methyl/N-ethyl adjacent to an activating group) is 2. The molecule has 0 aromatic heterocycles. The molecule has 2 atom stereocenters. The van der Waals surface area contributed by atoms with Gasteiger partial charge in [-0.25, -0.2) is 0 Å². The quantitative estimate of drug-likeness (QED) is 0.345. The molecule has 0 amide bonds. The SMILES string of the molecule is C[NH2+]CC(O)CCl.C[NH2+]CC1CO1. The van der Waals surface area contributed by atoms with Crippen LogP contribution in [0.15, 0.2) is 0 Å². The molecule has 1 aliphatic rings. The molecule has 2 unspecified atom stereocenters. The fourth-order valence-electron chi connectivity index (χ4n) is 0.802. The normalized spacial score (nSPS) is 21.7. The van der Waals surface area contributed by atoms with Gasteiger partial charge >= 0.3 is 0 Å². The molecule has 0 aromatic rings. The summed E-state index contributed by atoms with van der Waals surface area (Å²) in [7, 11) is 3.96. The standard InChI is InChI=1S/C4H10ClNO.C4H9NO/c1-6-3-4(7)2-5;1-5-2-4-3-6-4/h4,6-7H,2-3H2,1H3;4-5H,2-3H2,1H3/p+2. The van der Waals surface area contributed by atoms with E-state index in [1.807, 2.05) is 12.4 Å². The molecule has 80 valence electrons. The summed E-state index contributed by atoms with van der Waals surface area (Å²) in [6.45, 7) is 2.83. The lowest BCUT2D eigenvalue weighted by atomic mass is 10.4. The van der Waals surface area contributed by atoms with Gasteiger partial charge in [0, 0.05) is 0 Å². The van der Waals surface area contributed by atoms with Gasteiger partial charge in [0.15, 0.2) is 0 Å². The lowest BCUT2D eigenvalue weighted by molar-refractivity contribution is -0.633. The third-order valence-electron chi connectivity index (χ3n) is 1.59. The summed E-state index contributed by atoms with van der Waals surface area (Å²) in [5.74, 6) is 0.338. The van der Waals surface area contributed by atoms with E-state index in [4.69, 9.17) is 21.4 Å². The first kappa shape index (κ1) is 13.1. The lowest BCUT2D eigenvalue weighted by Gasteiger charge is -1.99. The second kappa shape index (κ2) is 8.72. The average molecular weight is 213 g/mol. The van der Waals surface area contributed by atoms with E-state index in [0.29, 0.717) is 18.5 Å². The summed E-state index contributed by atoms with van der Waals surface area (Å²) in [5, 5.41) is 12.7. The van der Waals surface area contributed by atoms with Crippen LogP contribution in [0.5, 0.6) is 0 Å². The minimum absolute atomic E-state index is 0.338. The van der Waals surface area contributed by atoms with Crippen molar-refractivity contribution >= 4 is 11.6 Å². The van der Waals surface area contributed by atoms with Crippen molar-refractivity contribution in [3.05, 3.63) is 0 Å². The molecule has 13 heavy (non-hydrogen) atoms. The van der Waals surface area contributed by atoms with Crippen molar-refractivity contribution in [2.75, 3.05) is 39.7 Å². The molecule has 1 rings (SSSR count). The van der Waals surface area contributed by atoms with E-state index in [1.165, 1.54) is 0 Å². The summed E-state index contributed by atoms with van der Waals surface area (Å²) in [6, 6.07) is 0. The highest BCUT2D eigenvalue weighted by molar-refractivity contribution is 6.18. The summed E-state index contributed by atoms with van der Waals surface area (Å²) in [5.41, 5.74) is 0. The van der Waals surface area contributed by atoms with Crippen LogP contribution in [0.1, 0.15) is 0 Å². The van der Waals surface area contributed by atoms with Gasteiger partial charge < -0.3 is 20.5 Å². The Bertz CT molecular complexity index is 112. The molecule has 5 N–H and O–H groups in total. The van der Waals surface area contributed by atoms with Gasteiger partial charge in [-0.1, -0.05) is 0 Å². The number of halogens is 1. The van der Waals surface area contributed by atoms with E-state index in [2.05, 4.69) is 12.4 Å². The van der Waals surface area contributed by atoms with Crippen molar-refractivity contribution in [2.45, 2.75) is 12.2 Å². The average Bonchev–Trinajstić information content (AvgIpc) is 2.91. The van der Waals surface area contributed by atoms with Gasteiger partial charge in [-0.05, 0) is 0 Å². The smallest absolute Gasteiger partial charge is 0.130 e. The molecule has 5 heteroatoms. The molecule has 0 bridgehead atoms. The molecule has 1 fully saturated rings. The zero-order chi connectivity index (χ0) is 10.1. The van der Waals surface area contributed by atoms with Crippen molar-refractivity contribution < 1.29 is 20.5 Å². The zero-order valence-electron chi connectivity index (χ0n) is 8.37. The van der Waals surface area contributed by atoms with E-state index < -0.39 is 0 Å². The van der Waals surface area contributed by atoms with Gasteiger partial charge in [-0.15, -0.1) is 11.6 Å². The number of rotatable bonds is 5. The van der Waals surface area contributed by atoms with Crippen molar-refractivity contribution in [1.82, 2.24) is 0 Å². The molecule has 1 heterocycles. The van der Waals surface area contributed by atoms with Gasteiger partial charge in [0.2, 0.25) is 0 Å². The van der Waals surface area contributed by atoms with Crippen molar-refractivity contribution in [3.8, 4) is 0 Å². The lowest BCUT2D eigenvalue weighted by Crippen LogP contribution is -2.82. The van der Waals surface area contributed by atoms with E-state index in [0.717, 1.165) is 13.2 Å². The molecular weight excluding hydrogens is 192 g/mol. The minimum atomic E-state index is -0.341. The van der Waals surface area contributed by atoms with Gasteiger partial charge in [-0.2, -0.15) is 0 Å². The Labute approximate surface area is 84.6 Å². The predicted octanol–water partition coefficient (Wildman–Crippen LogP) is -2.64. The van der Waals surface area contributed by atoms with E-state index >= 15 is 0 Å². The fraction of sp³-hybridized carbons (Fsp3) is 1.00. The van der Waals surface area contributed by atoms with Crippen LogP contribution in [0.3, 0.4) is 0 Å². The Morgan fingerprint density at radius 3 is 2.31 bits per heavy atom. The van der Waals surface area contributed by atoms with Crippen LogP contribution in [0.25, 0.3) is 0 Å². The first-order chi connectivity index (χ1) is 6.24. The highest BCUT2D eigenvalue weighted by atomic mass is 35.5. The van der Waals surface area contributed by atoms with Gasteiger partial charge in [0.1, 0.15) is 25.3 Å². The number of aliphatic hydroxyl groups excluding tert-OH is 1. The van der Waals surface area contributed by atoms with Crippen molar-refractivity contribution in [1.29, 1.82) is 0 Å². The second-order valence-corrected chi connectivity index (χ2v) is 3.36. The molecule has 0 saturated carbocycles. The monoisotopic (exact) mass is 212 g/mol. The van der Waals surface area contributed by atoms with E-state index in [9.17, 15) is 0 Å². The van der Waals surface area contributed by atoms with Crippen LogP contribution < -0.4 is 10.6 Å². The second-order valence-electron chi connectivity index (χ2n) is 3.05. The zero-order valence-corrected chi connectivity index (χ0v) is 9.13. The Morgan fingerprint density at radius 2 is 2.15 bits per heavy atom. The van der Waals surface area contributed by atoms with Crippen LogP contribution in [-0.2, 0) is 4.74 Å². The Kier molecular flexibility index (Phi) is 8.80. The Hall–Kier alpha value is 0.130. The molecular formula is C8H21ClN2O2+2. The summed E-state index contributed by atoms with van der Waals surface area (Å²) in [4.78, 5) is 0. The van der Waals surface area contributed by atoms with Gasteiger partial charge in [0.05, 0.1) is 26.6 Å². The summed E-state index contributed by atoms with van der Waals surface area (Å²) < 4.78 is 4.92. The van der Waals surface area contributed by atoms with Gasteiger partial charge in [0.25, 0.3) is 0 Å². The number of nitrogens with two attached hydrogens (primary N) is 2. The summed E-state index contributed by atoms with van der Waals surface area (Å²) in [6.07, 6.45) is 0.252. The number of aliphatic hydroxyl groups is 1. The third-order valence-corrected chi connectivity index (χ3v) is 1.94. The molecule has 4 nitrogen and oxygen atoms in total. The molecule has 0 radical (unpaired) electrons. The molecule has 1 aliphatic heterocycles. The fourth-order valence-corrected chi connectivity index (χ4v) is 0.928. The first-order valence-electron chi connectivity index (χ1n) is 4.65. The predicted molar refractivity (Wildman–Crippen MR) is 51.9 cm³/mol. The Balaban J connectivity index is 0.000000223. The maximum Gasteiger partial charge on any atom is 0.130 e. The van der Waals surface area contributed by atoms with Crippen LogP contribution in [0, 0.1) is 0 Å². The first-order valence-corrected chi connectivity index (χ1v) is 5.19. The van der Waals surface area contributed by atoms with Crippen molar-refractivity contribution in [2.24, 2.45) is 0 Å². The van der Waals surface area contributed by atoms with Crippen molar-refractivity contribution in [3.63, 3.8) is 0 Å². The largest absolute Gasteiger partial charge is 0.386 e. The van der Waals surface area contributed by atoms with Crippen LogP contribution in [0.4, 0.5) is 0 Å². The maximum atomic E-state index is 8.69. The maximum absolute atomic E-state index is 8.69. The summed E-state index contributed by atoms with van der Waals surface area (Å²) >= 11 is 5.26. The van der Waals surface area contributed by atoms with E-state index in [-0.39, 0.29) is 6.10 Å². The van der Waals surface area contributed by atoms with E-state index in [1.54, 1.807) is 0 Å². The Morgan fingerprint density at radius 1 is 1.54 bits per heavy atom. The number of hydrogen-bond acceptors (Lipinski definition) is 2. The van der Waals surface area contributed by atoms with Crippen LogP contribution in [-0.4, -0.2) is 57.0 Å². The molecule has 0 aromatic carbocycles. The number of hydrogen-bond donors (Lipinski definition) is 3. The number of ether oxygens (including phenoxy) is 1. The molecule has 0 aliphatic carbocycles. The third kappa shape index (κ3) is 10.0. The van der Waals surface area contributed by atoms with Gasteiger partial charge in [-0.3, -0.25) is 0 Å². The number of epoxide rings is 1. The highest BCUT2D eigenvalue weighted by Gasteiger charge is 2.22. The minimum Gasteiger partial charge on any atom is -0.386 e. The topological polar surface area (TPSA) is 66.0 Å². The molecule has 1 saturated heterocycles. The number of alkyl halides is 1. The molecule has 0 spiro atoms. The number of quaternary nitrogens is 2.